The highest BCUT2D eigenvalue weighted by Gasteiger charge is 2.24. The normalized spacial score (nSPS) is 15.6. The number of thioether (sulfide) groups is 1. The lowest BCUT2D eigenvalue weighted by Crippen LogP contribution is -2.26. The van der Waals surface area contributed by atoms with E-state index in [2.05, 4.69) is 15.3 Å². The number of carbonyl (C=O) groups excluding carboxylic acids is 2. The molecule has 1 saturated heterocycles. The van der Waals surface area contributed by atoms with Crippen LogP contribution in [0.3, 0.4) is 0 Å². The Morgan fingerprint density at radius 2 is 2.06 bits per heavy atom. The Bertz CT molecular complexity index is 1230. The largest absolute Gasteiger partial charge is 0.324 e. The number of aryl methyl sites for hydroxylation is 2. The van der Waals surface area contributed by atoms with Crippen LogP contribution >= 0.6 is 23.1 Å². The standard InChI is InChI=1S/C22H22N4O3S2/c27-18(23-14-6-1-2-7-15(14)26-10-4-9-19(26)28)12-30-11-17-24-21(29)20-13-5-3-8-16(13)31-22(20)25-17/h1-2,6-7H,3-5,8-12H2,(H,23,27)(H,24,25,29). The van der Waals surface area contributed by atoms with Gasteiger partial charge in [-0.25, -0.2) is 4.98 Å². The second-order valence-electron chi connectivity index (χ2n) is 7.76. The summed E-state index contributed by atoms with van der Waals surface area (Å²) in [5.41, 5.74) is 2.48. The average Bonchev–Trinajstić information content (AvgIpc) is 3.44. The number of fused-ring (bicyclic) bond motifs is 3. The lowest BCUT2D eigenvalue weighted by molar-refractivity contribution is -0.117. The smallest absolute Gasteiger partial charge is 0.259 e. The van der Waals surface area contributed by atoms with Crippen molar-refractivity contribution in [2.75, 3.05) is 22.5 Å². The topological polar surface area (TPSA) is 95.2 Å². The zero-order valence-corrected chi connectivity index (χ0v) is 18.5. The lowest BCUT2D eigenvalue weighted by atomic mass is 10.2. The Morgan fingerprint density at radius 1 is 1.19 bits per heavy atom. The van der Waals surface area contributed by atoms with Crippen molar-refractivity contribution in [3.63, 3.8) is 0 Å². The third-order valence-corrected chi connectivity index (χ3v) is 7.77. The molecule has 1 aromatic carbocycles. The molecule has 1 aliphatic carbocycles. The van der Waals surface area contributed by atoms with Gasteiger partial charge in [0.2, 0.25) is 11.8 Å². The van der Waals surface area contributed by atoms with Gasteiger partial charge < -0.3 is 15.2 Å². The van der Waals surface area contributed by atoms with Gasteiger partial charge >= 0.3 is 0 Å². The number of nitrogens with one attached hydrogen (secondary N) is 2. The van der Waals surface area contributed by atoms with E-state index in [1.807, 2.05) is 24.3 Å². The van der Waals surface area contributed by atoms with Crippen molar-refractivity contribution in [3.8, 4) is 0 Å². The molecular weight excluding hydrogens is 432 g/mol. The SMILES string of the molecule is O=C(CSCc1nc2sc3c(c2c(=O)[nH]1)CCC3)Nc1ccccc1N1CCCC1=O. The first-order chi connectivity index (χ1) is 15.1. The fourth-order valence-corrected chi connectivity index (χ4v) is 6.23. The van der Waals surface area contributed by atoms with Gasteiger partial charge in [-0.2, -0.15) is 0 Å². The first kappa shape index (κ1) is 20.3. The number of nitrogens with zero attached hydrogens (tertiary/aromatic N) is 2. The second-order valence-corrected chi connectivity index (χ2v) is 9.83. The van der Waals surface area contributed by atoms with E-state index >= 15 is 0 Å². The monoisotopic (exact) mass is 454 g/mol. The number of rotatable bonds is 6. The molecule has 9 heteroatoms. The van der Waals surface area contributed by atoms with Gasteiger partial charge in [0.1, 0.15) is 10.7 Å². The summed E-state index contributed by atoms with van der Waals surface area (Å²) in [4.78, 5) is 48.4. The minimum atomic E-state index is -0.150. The summed E-state index contributed by atoms with van der Waals surface area (Å²) < 4.78 is 0. The van der Waals surface area contributed by atoms with E-state index in [4.69, 9.17) is 0 Å². The molecule has 3 heterocycles. The molecule has 2 amide bonds. The number of amides is 2. The minimum Gasteiger partial charge on any atom is -0.324 e. The van der Waals surface area contributed by atoms with Gasteiger partial charge in [0, 0.05) is 17.8 Å². The predicted molar refractivity (Wildman–Crippen MR) is 125 cm³/mol. The summed E-state index contributed by atoms with van der Waals surface area (Å²) in [6, 6.07) is 7.37. The van der Waals surface area contributed by atoms with Crippen LogP contribution in [0.1, 0.15) is 35.5 Å². The van der Waals surface area contributed by atoms with Crippen LogP contribution in [0.25, 0.3) is 10.2 Å². The third-order valence-electron chi connectivity index (χ3n) is 5.64. The fraction of sp³-hybridized carbons (Fsp3) is 0.364. The molecule has 0 unspecified atom stereocenters. The first-order valence-corrected chi connectivity index (χ1v) is 12.4. The quantitative estimate of drug-likeness (QED) is 0.595. The zero-order valence-electron chi connectivity index (χ0n) is 16.9. The Hall–Kier alpha value is -2.65. The Labute approximate surface area is 187 Å². The predicted octanol–water partition coefficient (Wildman–Crippen LogP) is 3.47. The molecule has 160 valence electrons. The van der Waals surface area contributed by atoms with Crippen molar-refractivity contribution in [2.24, 2.45) is 0 Å². The molecule has 0 bridgehead atoms. The molecule has 0 atom stereocenters. The molecule has 0 spiro atoms. The third kappa shape index (κ3) is 3.99. The molecule has 0 saturated carbocycles. The Balaban J connectivity index is 1.22. The number of carbonyl (C=O) groups is 2. The molecule has 1 fully saturated rings. The summed E-state index contributed by atoms with van der Waals surface area (Å²) >= 11 is 3.02. The molecule has 2 N–H and O–H groups in total. The maximum absolute atomic E-state index is 12.5. The minimum absolute atomic E-state index is 0.0753. The van der Waals surface area contributed by atoms with Gasteiger partial charge in [-0.05, 0) is 43.4 Å². The van der Waals surface area contributed by atoms with Crippen molar-refractivity contribution in [1.29, 1.82) is 0 Å². The molecule has 2 aromatic heterocycles. The summed E-state index contributed by atoms with van der Waals surface area (Å²) in [6.45, 7) is 0.675. The van der Waals surface area contributed by atoms with Crippen molar-refractivity contribution < 1.29 is 9.59 Å². The van der Waals surface area contributed by atoms with Crippen LogP contribution in [0.15, 0.2) is 29.1 Å². The van der Waals surface area contributed by atoms with Gasteiger partial charge in [0.15, 0.2) is 0 Å². The number of hydrogen-bond acceptors (Lipinski definition) is 6. The van der Waals surface area contributed by atoms with E-state index in [9.17, 15) is 14.4 Å². The van der Waals surface area contributed by atoms with Gasteiger partial charge in [-0.15, -0.1) is 23.1 Å². The van der Waals surface area contributed by atoms with Gasteiger partial charge in [0.25, 0.3) is 5.56 Å². The Morgan fingerprint density at radius 3 is 2.90 bits per heavy atom. The molecule has 1 aliphatic heterocycles. The van der Waals surface area contributed by atoms with Crippen LogP contribution < -0.4 is 15.8 Å². The van der Waals surface area contributed by atoms with Crippen molar-refractivity contribution in [3.05, 3.63) is 50.9 Å². The van der Waals surface area contributed by atoms with E-state index in [-0.39, 0.29) is 23.1 Å². The number of anilines is 2. The average molecular weight is 455 g/mol. The maximum atomic E-state index is 12.5. The fourth-order valence-electron chi connectivity index (χ4n) is 4.26. The number of aromatic amines is 1. The highest BCUT2D eigenvalue weighted by Crippen LogP contribution is 2.34. The molecule has 7 nitrogen and oxygen atoms in total. The molecule has 31 heavy (non-hydrogen) atoms. The molecule has 0 radical (unpaired) electrons. The highest BCUT2D eigenvalue weighted by molar-refractivity contribution is 7.99. The van der Waals surface area contributed by atoms with Crippen LogP contribution in [0.5, 0.6) is 0 Å². The number of thiophene rings is 1. The summed E-state index contributed by atoms with van der Waals surface area (Å²) in [6.07, 6.45) is 4.47. The van der Waals surface area contributed by atoms with E-state index in [1.165, 1.54) is 22.2 Å². The van der Waals surface area contributed by atoms with Crippen molar-refractivity contribution in [1.82, 2.24) is 9.97 Å². The van der Waals surface area contributed by atoms with Gasteiger partial charge in [-0.1, -0.05) is 12.1 Å². The number of aromatic nitrogens is 2. The van der Waals surface area contributed by atoms with E-state index in [0.717, 1.165) is 41.6 Å². The maximum Gasteiger partial charge on any atom is 0.259 e. The Kier molecular flexibility index (Phi) is 5.54. The lowest BCUT2D eigenvalue weighted by Gasteiger charge is -2.19. The number of hydrogen-bond donors (Lipinski definition) is 2. The van der Waals surface area contributed by atoms with Crippen LogP contribution in [0, 0.1) is 0 Å². The van der Waals surface area contributed by atoms with Crippen LogP contribution in [0.4, 0.5) is 11.4 Å². The number of benzene rings is 1. The van der Waals surface area contributed by atoms with Gasteiger partial charge in [-0.3, -0.25) is 14.4 Å². The highest BCUT2D eigenvalue weighted by atomic mass is 32.2. The zero-order chi connectivity index (χ0) is 21.4. The molecule has 2 aliphatic rings. The van der Waals surface area contributed by atoms with Crippen molar-refractivity contribution >= 4 is 56.5 Å². The molecular formula is C22H22N4O3S2. The first-order valence-electron chi connectivity index (χ1n) is 10.4. The number of para-hydroxylation sites is 2. The summed E-state index contributed by atoms with van der Waals surface area (Å²) in [7, 11) is 0. The van der Waals surface area contributed by atoms with Crippen LogP contribution in [0.2, 0.25) is 0 Å². The second kappa shape index (κ2) is 8.47. The summed E-state index contributed by atoms with van der Waals surface area (Å²) in [5, 5.41) is 3.66. The molecule has 5 rings (SSSR count). The summed E-state index contributed by atoms with van der Waals surface area (Å²) in [5.74, 6) is 1.21. The molecule has 3 aromatic rings. The van der Waals surface area contributed by atoms with Crippen LogP contribution in [-0.2, 0) is 28.2 Å². The van der Waals surface area contributed by atoms with E-state index < -0.39 is 0 Å². The van der Waals surface area contributed by atoms with Gasteiger partial charge in [0.05, 0.1) is 28.3 Å². The van der Waals surface area contributed by atoms with E-state index in [0.29, 0.717) is 30.2 Å². The van der Waals surface area contributed by atoms with E-state index in [1.54, 1.807) is 16.2 Å². The van der Waals surface area contributed by atoms with Crippen molar-refractivity contribution in [2.45, 2.75) is 37.9 Å². The van der Waals surface area contributed by atoms with Crippen LogP contribution in [-0.4, -0.2) is 34.1 Å². The number of H-pyrrole nitrogens is 1.